The highest BCUT2D eigenvalue weighted by Crippen LogP contribution is 2.21. The number of benzene rings is 2. The number of nitrogens with one attached hydrogen (secondary N) is 1. The van der Waals surface area contributed by atoms with E-state index in [1.54, 1.807) is 24.3 Å². The molecule has 1 amide bonds. The predicted octanol–water partition coefficient (Wildman–Crippen LogP) is 4.33. The molecule has 1 heterocycles. The van der Waals surface area contributed by atoms with Crippen molar-refractivity contribution in [2.45, 2.75) is 58.4 Å². The van der Waals surface area contributed by atoms with Crippen molar-refractivity contribution < 1.29 is 13.2 Å². The summed E-state index contributed by atoms with van der Waals surface area (Å²) >= 11 is 0. The normalized spacial score (nSPS) is 12.6. The Morgan fingerprint density at radius 1 is 1.03 bits per heavy atom. The smallest absolute Gasteiger partial charge is 0.243 e. The van der Waals surface area contributed by atoms with Crippen molar-refractivity contribution in [1.29, 1.82) is 0 Å². The quantitative estimate of drug-likeness (QED) is 0.466. The molecule has 182 valence electrons. The van der Waals surface area contributed by atoms with Gasteiger partial charge in [0.15, 0.2) is 0 Å². The van der Waals surface area contributed by atoms with E-state index in [-0.39, 0.29) is 16.8 Å². The largest absolute Gasteiger partial charge is 0.350 e. The Labute approximate surface area is 202 Å². The summed E-state index contributed by atoms with van der Waals surface area (Å²) in [7, 11) is -3.49. The summed E-state index contributed by atoms with van der Waals surface area (Å²) < 4.78 is 28.7. The predicted molar refractivity (Wildman–Crippen MR) is 134 cm³/mol. The molecular formula is C26H34N4O3S. The van der Waals surface area contributed by atoms with Gasteiger partial charge in [0.05, 0.1) is 22.3 Å². The molecule has 1 atom stereocenters. The molecular weight excluding hydrogens is 448 g/mol. The molecule has 1 aromatic heterocycles. The molecule has 0 unspecified atom stereocenters. The van der Waals surface area contributed by atoms with E-state index in [0.29, 0.717) is 25.9 Å². The van der Waals surface area contributed by atoms with Crippen LogP contribution >= 0.6 is 0 Å². The number of aryl methyl sites for hydroxylation is 1. The molecule has 0 aliphatic heterocycles. The van der Waals surface area contributed by atoms with Gasteiger partial charge in [0.1, 0.15) is 0 Å². The summed E-state index contributed by atoms with van der Waals surface area (Å²) in [5.74, 6) is -0.0569. The maximum absolute atomic E-state index is 12.7. The highest BCUT2D eigenvalue weighted by molar-refractivity contribution is 7.89. The summed E-state index contributed by atoms with van der Waals surface area (Å²) in [6.07, 6.45) is 0.949. The summed E-state index contributed by atoms with van der Waals surface area (Å²) in [5.41, 5.74) is 4.90. The van der Waals surface area contributed by atoms with Gasteiger partial charge in [0.25, 0.3) is 0 Å². The number of sulfonamides is 1. The molecule has 3 rings (SSSR count). The first-order valence-electron chi connectivity index (χ1n) is 11.7. The van der Waals surface area contributed by atoms with E-state index in [2.05, 4.69) is 10.4 Å². The second-order valence-electron chi connectivity index (χ2n) is 8.34. The Balaban J connectivity index is 1.62. The maximum atomic E-state index is 12.7. The van der Waals surface area contributed by atoms with Gasteiger partial charge in [-0.3, -0.25) is 4.79 Å². The van der Waals surface area contributed by atoms with Gasteiger partial charge in [-0.25, -0.2) is 13.1 Å². The highest BCUT2D eigenvalue weighted by Gasteiger charge is 2.22. The minimum absolute atomic E-state index is 0.0569. The van der Waals surface area contributed by atoms with Crippen LogP contribution in [-0.4, -0.2) is 41.5 Å². The number of aromatic nitrogens is 2. The molecule has 0 aliphatic rings. The highest BCUT2D eigenvalue weighted by atomic mass is 32.2. The third kappa shape index (κ3) is 5.56. The van der Waals surface area contributed by atoms with E-state index in [1.165, 1.54) is 4.31 Å². The first-order valence-corrected chi connectivity index (χ1v) is 13.1. The van der Waals surface area contributed by atoms with Gasteiger partial charge in [0, 0.05) is 25.2 Å². The standard InChI is InChI=1S/C26H34N4O3S/c1-6-29(7-2)34(32,33)24-15-13-22(14-16-24)19(3)27-26(31)18-17-25-20(4)28-30(21(25)5)23-11-9-8-10-12-23/h8-16,19H,6-7,17-18H2,1-5H3,(H,27,31)/t19-/m1/s1. The molecule has 0 fully saturated rings. The average Bonchev–Trinajstić information content (AvgIpc) is 3.12. The van der Waals surface area contributed by atoms with E-state index in [1.807, 2.05) is 69.6 Å². The lowest BCUT2D eigenvalue weighted by Gasteiger charge is -2.19. The van der Waals surface area contributed by atoms with Crippen molar-refractivity contribution >= 4 is 15.9 Å². The summed E-state index contributed by atoms with van der Waals surface area (Å²) in [5, 5.41) is 7.67. The van der Waals surface area contributed by atoms with Gasteiger partial charge < -0.3 is 5.32 Å². The number of carbonyl (C=O) groups excluding carboxylic acids is 1. The van der Waals surface area contributed by atoms with Gasteiger partial charge >= 0.3 is 0 Å². The van der Waals surface area contributed by atoms with Crippen LogP contribution in [0.15, 0.2) is 59.5 Å². The first kappa shape index (κ1) is 25.6. The van der Waals surface area contributed by atoms with Gasteiger partial charge in [-0.2, -0.15) is 9.40 Å². The summed E-state index contributed by atoms with van der Waals surface area (Å²) in [6, 6.07) is 16.5. The molecule has 8 heteroatoms. The monoisotopic (exact) mass is 482 g/mol. The van der Waals surface area contributed by atoms with Crippen LogP contribution in [0.2, 0.25) is 0 Å². The molecule has 0 radical (unpaired) electrons. The fourth-order valence-corrected chi connectivity index (χ4v) is 5.59. The first-order chi connectivity index (χ1) is 16.2. The van der Waals surface area contributed by atoms with Gasteiger partial charge in [-0.15, -0.1) is 0 Å². The van der Waals surface area contributed by atoms with Crippen LogP contribution in [-0.2, 0) is 21.2 Å². The Hall–Kier alpha value is -2.97. The SMILES string of the molecule is CCN(CC)S(=O)(=O)c1ccc([C@@H](C)NC(=O)CCc2c(C)nn(-c3ccccc3)c2C)cc1. The number of rotatable bonds is 10. The lowest BCUT2D eigenvalue weighted by Crippen LogP contribution is -2.30. The molecule has 0 spiro atoms. The zero-order chi connectivity index (χ0) is 24.9. The van der Waals surface area contributed by atoms with Gasteiger partial charge in [-0.1, -0.05) is 44.2 Å². The Morgan fingerprint density at radius 2 is 1.65 bits per heavy atom. The Kier molecular flexibility index (Phi) is 8.28. The summed E-state index contributed by atoms with van der Waals surface area (Å²) in [4.78, 5) is 12.9. The van der Waals surface area contributed by atoms with Gasteiger partial charge in [-0.05, 0) is 62.6 Å². The molecule has 34 heavy (non-hydrogen) atoms. The zero-order valence-corrected chi connectivity index (χ0v) is 21.4. The van der Waals surface area contributed by atoms with Crippen molar-refractivity contribution in [2.75, 3.05) is 13.1 Å². The van der Waals surface area contributed by atoms with Crippen LogP contribution in [0, 0.1) is 13.8 Å². The lowest BCUT2D eigenvalue weighted by atomic mass is 10.1. The minimum Gasteiger partial charge on any atom is -0.350 e. The van der Waals surface area contributed by atoms with Crippen molar-refractivity contribution in [3.8, 4) is 5.69 Å². The molecule has 7 nitrogen and oxygen atoms in total. The molecule has 1 N–H and O–H groups in total. The van der Waals surface area contributed by atoms with Crippen LogP contribution in [0.5, 0.6) is 0 Å². The van der Waals surface area contributed by atoms with Crippen LogP contribution in [0.1, 0.15) is 55.7 Å². The average molecular weight is 483 g/mol. The third-order valence-electron chi connectivity index (χ3n) is 6.14. The molecule has 2 aromatic carbocycles. The topological polar surface area (TPSA) is 84.3 Å². The van der Waals surface area contributed by atoms with E-state index >= 15 is 0 Å². The zero-order valence-electron chi connectivity index (χ0n) is 20.6. The van der Waals surface area contributed by atoms with Crippen LogP contribution in [0.3, 0.4) is 0 Å². The van der Waals surface area contributed by atoms with Crippen molar-refractivity contribution in [2.24, 2.45) is 0 Å². The van der Waals surface area contributed by atoms with E-state index < -0.39 is 10.0 Å². The van der Waals surface area contributed by atoms with Crippen LogP contribution < -0.4 is 5.32 Å². The number of hydrogen-bond donors (Lipinski definition) is 1. The number of nitrogens with zero attached hydrogens (tertiary/aromatic N) is 3. The molecule has 0 aliphatic carbocycles. The van der Waals surface area contributed by atoms with E-state index in [9.17, 15) is 13.2 Å². The second-order valence-corrected chi connectivity index (χ2v) is 10.3. The molecule has 0 saturated carbocycles. The minimum atomic E-state index is -3.49. The fourth-order valence-electron chi connectivity index (χ4n) is 4.13. The summed E-state index contributed by atoms with van der Waals surface area (Å²) in [6.45, 7) is 10.4. The van der Waals surface area contributed by atoms with Crippen molar-refractivity contribution in [3.63, 3.8) is 0 Å². The van der Waals surface area contributed by atoms with Crippen molar-refractivity contribution in [1.82, 2.24) is 19.4 Å². The Bertz CT molecular complexity index is 1210. The maximum Gasteiger partial charge on any atom is 0.243 e. The van der Waals surface area contributed by atoms with Crippen molar-refractivity contribution in [3.05, 3.63) is 77.1 Å². The third-order valence-corrected chi connectivity index (χ3v) is 8.21. The Morgan fingerprint density at radius 3 is 2.24 bits per heavy atom. The number of para-hydroxylation sites is 1. The number of amides is 1. The molecule has 3 aromatic rings. The fraction of sp³-hybridized carbons (Fsp3) is 0.385. The van der Waals surface area contributed by atoms with E-state index in [0.717, 1.165) is 28.2 Å². The second kappa shape index (κ2) is 11.0. The van der Waals surface area contributed by atoms with Crippen LogP contribution in [0.25, 0.3) is 5.69 Å². The lowest BCUT2D eigenvalue weighted by molar-refractivity contribution is -0.121. The van der Waals surface area contributed by atoms with Crippen LogP contribution in [0.4, 0.5) is 0 Å². The number of carbonyl (C=O) groups is 1. The molecule has 0 saturated heterocycles. The number of hydrogen-bond acceptors (Lipinski definition) is 4. The van der Waals surface area contributed by atoms with E-state index in [4.69, 9.17) is 0 Å². The molecule has 0 bridgehead atoms. The van der Waals surface area contributed by atoms with Gasteiger partial charge in [0.2, 0.25) is 15.9 Å².